The highest BCUT2D eigenvalue weighted by Crippen LogP contribution is 2.38. The van der Waals surface area contributed by atoms with E-state index in [1.807, 2.05) is 0 Å². The predicted molar refractivity (Wildman–Crippen MR) is 82.9 cm³/mol. The van der Waals surface area contributed by atoms with Gasteiger partial charge in [0.25, 0.3) is 0 Å². The summed E-state index contributed by atoms with van der Waals surface area (Å²) in [5.41, 5.74) is 0. The Kier molecular flexibility index (Phi) is 5.74. The Morgan fingerprint density at radius 2 is 2.00 bits per heavy atom. The Bertz CT molecular complexity index is 501. The minimum absolute atomic E-state index is 0.00474. The molecule has 0 aromatic rings. The van der Waals surface area contributed by atoms with Gasteiger partial charge in [0.2, 0.25) is 5.91 Å². The van der Waals surface area contributed by atoms with E-state index < -0.39 is 43.6 Å². The van der Waals surface area contributed by atoms with E-state index in [1.165, 1.54) is 0 Å². The van der Waals surface area contributed by atoms with Crippen LogP contribution in [0.5, 0.6) is 0 Å². The highest BCUT2D eigenvalue weighted by Gasteiger charge is 2.49. The minimum atomic E-state index is -1.52. The number of aliphatic hydroxyl groups is 4. The van der Waals surface area contributed by atoms with Gasteiger partial charge in [0.15, 0.2) is 12.6 Å². The van der Waals surface area contributed by atoms with Gasteiger partial charge >= 0.3 is 0 Å². The Hall–Kier alpha value is -1.07. The van der Waals surface area contributed by atoms with Crippen molar-refractivity contribution in [3.05, 3.63) is 12.7 Å². The van der Waals surface area contributed by atoms with Crippen LogP contribution in [0.4, 0.5) is 0 Å². The lowest BCUT2D eigenvalue weighted by atomic mass is 9.75. The number of fused-ring (bicyclic) bond motifs is 1. The molecular weight excluding hydrogens is 334 g/mol. The summed E-state index contributed by atoms with van der Waals surface area (Å²) in [7, 11) is 0. The van der Waals surface area contributed by atoms with Crippen LogP contribution in [0.1, 0.15) is 6.42 Å². The van der Waals surface area contributed by atoms with Crippen LogP contribution in [0.3, 0.4) is 0 Å². The van der Waals surface area contributed by atoms with Gasteiger partial charge in [-0.2, -0.15) is 0 Å². The van der Waals surface area contributed by atoms with Gasteiger partial charge in [-0.25, -0.2) is 0 Å². The molecule has 142 valence electrons. The first-order valence-corrected chi connectivity index (χ1v) is 8.45. The number of amides is 1. The Morgan fingerprint density at radius 1 is 1.24 bits per heavy atom. The number of carbonyl (C=O) groups excluding carboxylic acids is 1. The molecule has 3 heterocycles. The lowest BCUT2D eigenvalue weighted by Gasteiger charge is -2.46. The summed E-state index contributed by atoms with van der Waals surface area (Å²) >= 11 is 0. The molecule has 9 atom stereocenters. The highest BCUT2D eigenvalue weighted by atomic mass is 16.8. The zero-order chi connectivity index (χ0) is 18.1. The fraction of sp³-hybridized carbons (Fsp3) is 0.812. The second-order valence-corrected chi connectivity index (χ2v) is 6.70. The minimum Gasteiger partial charge on any atom is -0.394 e. The standard InChI is InChI=1S/C16H25NO8/c1-2-7-8-3-4-17-14(22)9(8)6-23-15(7)25-16-13(21)12(20)11(19)10(5-18)24-16/h2,7-13,15-16,18-21H,1,3-6H2,(H,17,22)/t7-,8+,9-,10-,11-,12+,13-,15+,16+/m1/s1. The van der Waals surface area contributed by atoms with Crippen LogP contribution in [0.2, 0.25) is 0 Å². The van der Waals surface area contributed by atoms with E-state index >= 15 is 0 Å². The van der Waals surface area contributed by atoms with E-state index in [1.54, 1.807) is 6.08 Å². The van der Waals surface area contributed by atoms with Gasteiger partial charge in [0.1, 0.15) is 24.4 Å². The van der Waals surface area contributed by atoms with Crippen molar-refractivity contribution in [3.63, 3.8) is 0 Å². The summed E-state index contributed by atoms with van der Waals surface area (Å²) in [4.78, 5) is 12.0. The van der Waals surface area contributed by atoms with E-state index in [4.69, 9.17) is 14.2 Å². The summed E-state index contributed by atoms with van der Waals surface area (Å²) < 4.78 is 16.7. The topological polar surface area (TPSA) is 138 Å². The average molecular weight is 359 g/mol. The molecule has 25 heavy (non-hydrogen) atoms. The number of hydrogen-bond acceptors (Lipinski definition) is 8. The number of rotatable bonds is 4. The number of hydrogen-bond donors (Lipinski definition) is 5. The van der Waals surface area contributed by atoms with Gasteiger partial charge < -0.3 is 40.0 Å². The van der Waals surface area contributed by atoms with Gasteiger partial charge in [0, 0.05) is 12.5 Å². The molecule has 0 aromatic heterocycles. The molecule has 3 aliphatic rings. The lowest BCUT2D eigenvalue weighted by Crippen LogP contribution is -2.61. The first-order chi connectivity index (χ1) is 12.0. The van der Waals surface area contributed by atoms with Gasteiger partial charge in [-0.15, -0.1) is 6.58 Å². The van der Waals surface area contributed by atoms with Crippen LogP contribution in [0.25, 0.3) is 0 Å². The quantitative estimate of drug-likeness (QED) is 0.354. The van der Waals surface area contributed by atoms with Crippen molar-refractivity contribution >= 4 is 5.91 Å². The van der Waals surface area contributed by atoms with Crippen LogP contribution in [-0.2, 0) is 19.0 Å². The first-order valence-electron chi connectivity index (χ1n) is 8.45. The number of piperidine rings is 1. The largest absolute Gasteiger partial charge is 0.394 e. The summed E-state index contributed by atoms with van der Waals surface area (Å²) in [6.45, 7) is 4.00. The van der Waals surface area contributed by atoms with Crippen LogP contribution in [0.15, 0.2) is 12.7 Å². The maximum absolute atomic E-state index is 12.0. The van der Waals surface area contributed by atoms with E-state index in [9.17, 15) is 25.2 Å². The number of aliphatic hydroxyl groups excluding tert-OH is 4. The first kappa shape index (κ1) is 18.7. The van der Waals surface area contributed by atoms with Crippen molar-refractivity contribution in [2.75, 3.05) is 19.8 Å². The van der Waals surface area contributed by atoms with E-state index in [2.05, 4.69) is 11.9 Å². The zero-order valence-corrected chi connectivity index (χ0v) is 13.7. The maximum Gasteiger partial charge on any atom is 0.225 e. The smallest absolute Gasteiger partial charge is 0.225 e. The molecule has 9 heteroatoms. The van der Waals surface area contributed by atoms with E-state index in [0.717, 1.165) is 6.42 Å². The van der Waals surface area contributed by atoms with Crippen molar-refractivity contribution in [1.29, 1.82) is 0 Å². The summed E-state index contributed by atoms with van der Waals surface area (Å²) in [5.74, 6) is -0.646. The molecule has 5 N–H and O–H groups in total. The van der Waals surface area contributed by atoms with Crippen LogP contribution in [-0.4, -0.2) is 83.1 Å². The Balaban J connectivity index is 1.71. The van der Waals surface area contributed by atoms with Crippen molar-refractivity contribution in [1.82, 2.24) is 5.32 Å². The second kappa shape index (κ2) is 7.67. The molecule has 3 rings (SSSR count). The van der Waals surface area contributed by atoms with E-state index in [-0.39, 0.29) is 30.3 Å². The predicted octanol–water partition coefficient (Wildman–Crippen LogP) is -2.29. The molecule has 0 spiro atoms. The van der Waals surface area contributed by atoms with Crippen molar-refractivity contribution < 1.29 is 39.4 Å². The van der Waals surface area contributed by atoms with Crippen molar-refractivity contribution in [3.8, 4) is 0 Å². The highest BCUT2D eigenvalue weighted by molar-refractivity contribution is 5.80. The fourth-order valence-electron chi connectivity index (χ4n) is 3.79. The molecule has 3 fully saturated rings. The van der Waals surface area contributed by atoms with Crippen molar-refractivity contribution in [2.45, 2.75) is 43.4 Å². The monoisotopic (exact) mass is 359 g/mol. The third-order valence-corrected chi connectivity index (χ3v) is 5.27. The van der Waals surface area contributed by atoms with Gasteiger partial charge in [0.05, 0.1) is 19.1 Å². The second-order valence-electron chi connectivity index (χ2n) is 6.70. The molecule has 3 aliphatic heterocycles. The SMILES string of the molecule is C=C[C@H]1[C@H](O[C@@H]2O[C@H](CO)[C@@H](O)[C@H](O)[C@H]2O)OC[C@H]2C(=O)NCC[C@@H]12. The third kappa shape index (κ3) is 3.45. The van der Waals surface area contributed by atoms with Gasteiger partial charge in [-0.05, 0) is 12.3 Å². The number of ether oxygens (including phenoxy) is 3. The van der Waals surface area contributed by atoms with Crippen LogP contribution in [0, 0.1) is 17.8 Å². The average Bonchev–Trinajstić information content (AvgIpc) is 2.62. The van der Waals surface area contributed by atoms with Crippen molar-refractivity contribution in [2.24, 2.45) is 17.8 Å². The van der Waals surface area contributed by atoms with Crippen LogP contribution < -0.4 is 5.32 Å². The molecule has 0 aliphatic carbocycles. The van der Waals surface area contributed by atoms with Crippen LogP contribution >= 0.6 is 0 Å². The molecule has 3 saturated heterocycles. The summed E-state index contributed by atoms with van der Waals surface area (Å²) in [6.07, 6.45) is -5.21. The van der Waals surface area contributed by atoms with Gasteiger partial charge in [-0.3, -0.25) is 4.79 Å². The summed E-state index contributed by atoms with van der Waals surface area (Å²) in [6, 6.07) is 0. The lowest BCUT2D eigenvalue weighted by molar-refractivity contribution is -0.351. The third-order valence-electron chi connectivity index (χ3n) is 5.27. The fourth-order valence-corrected chi connectivity index (χ4v) is 3.79. The molecule has 0 saturated carbocycles. The zero-order valence-electron chi connectivity index (χ0n) is 13.7. The number of carbonyl (C=O) groups is 1. The normalized spacial score (nSPS) is 47.7. The molecule has 9 nitrogen and oxygen atoms in total. The Labute approximate surface area is 145 Å². The molecule has 1 amide bonds. The molecule has 0 radical (unpaired) electrons. The molecule has 0 unspecified atom stereocenters. The molecule has 0 aromatic carbocycles. The Morgan fingerprint density at radius 3 is 2.68 bits per heavy atom. The number of nitrogens with one attached hydrogen (secondary N) is 1. The molecule has 0 bridgehead atoms. The van der Waals surface area contributed by atoms with Gasteiger partial charge in [-0.1, -0.05) is 6.08 Å². The molecular formula is C16H25NO8. The van der Waals surface area contributed by atoms with E-state index in [0.29, 0.717) is 6.54 Å². The summed E-state index contributed by atoms with van der Waals surface area (Å²) in [5, 5.41) is 41.8. The maximum atomic E-state index is 12.0.